The second kappa shape index (κ2) is 6.35. The number of Topliss-reactive ketones (excluding diaryl/α,β-unsaturated/α-hetero) is 1. The molecule has 2 aromatic heterocycles. The lowest BCUT2D eigenvalue weighted by Gasteiger charge is -2.36. The van der Waals surface area contributed by atoms with E-state index in [4.69, 9.17) is 4.74 Å². The number of nitrogens with zero attached hydrogens (tertiary/aromatic N) is 3. The van der Waals surface area contributed by atoms with Crippen molar-refractivity contribution in [3.8, 4) is 0 Å². The van der Waals surface area contributed by atoms with Crippen LogP contribution in [0.4, 0.5) is 4.79 Å². The Morgan fingerprint density at radius 2 is 2.00 bits per heavy atom. The number of aromatic amines is 1. The van der Waals surface area contributed by atoms with Gasteiger partial charge in [0, 0.05) is 30.9 Å². The SMILES string of the molecule is O=C(c1ncc2cc[nH]c2n1)C1CN(C(=O)OCc2ccccc2)C1. The van der Waals surface area contributed by atoms with Crippen LogP contribution >= 0.6 is 0 Å². The number of hydrogen-bond donors (Lipinski definition) is 1. The van der Waals surface area contributed by atoms with Gasteiger partial charge >= 0.3 is 6.09 Å². The highest BCUT2D eigenvalue weighted by Crippen LogP contribution is 2.21. The molecule has 1 aliphatic heterocycles. The number of benzene rings is 1. The number of nitrogens with one attached hydrogen (secondary N) is 1. The summed E-state index contributed by atoms with van der Waals surface area (Å²) in [5.41, 5.74) is 1.56. The minimum atomic E-state index is -0.409. The van der Waals surface area contributed by atoms with Crippen molar-refractivity contribution in [2.75, 3.05) is 13.1 Å². The van der Waals surface area contributed by atoms with Crippen molar-refractivity contribution in [3.05, 3.63) is 60.2 Å². The van der Waals surface area contributed by atoms with Gasteiger partial charge in [-0.2, -0.15) is 0 Å². The third-order valence-corrected chi connectivity index (χ3v) is 4.24. The molecule has 0 unspecified atom stereocenters. The largest absolute Gasteiger partial charge is 0.445 e. The van der Waals surface area contributed by atoms with Crippen molar-refractivity contribution in [2.45, 2.75) is 6.61 Å². The monoisotopic (exact) mass is 336 g/mol. The molecule has 3 heterocycles. The standard InChI is InChI=1S/C18H16N4O3/c23-15(17-20-8-13-6-7-19-16(13)21-17)14-9-22(10-14)18(24)25-11-12-4-2-1-3-5-12/h1-8,14H,9-11H2,(H,19,20,21). The number of H-pyrrole nitrogens is 1. The van der Waals surface area contributed by atoms with Crippen LogP contribution in [-0.2, 0) is 11.3 Å². The van der Waals surface area contributed by atoms with Crippen LogP contribution in [0.25, 0.3) is 11.0 Å². The van der Waals surface area contributed by atoms with Crippen molar-refractivity contribution < 1.29 is 14.3 Å². The van der Waals surface area contributed by atoms with Gasteiger partial charge in [-0.1, -0.05) is 30.3 Å². The first-order chi connectivity index (χ1) is 12.2. The molecule has 0 saturated carbocycles. The van der Waals surface area contributed by atoms with Gasteiger partial charge in [0.15, 0.2) is 5.82 Å². The number of aromatic nitrogens is 3. The van der Waals surface area contributed by atoms with Gasteiger partial charge in [0.2, 0.25) is 5.78 Å². The zero-order chi connectivity index (χ0) is 17.2. The zero-order valence-corrected chi connectivity index (χ0v) is 13.4. The molecule has 1 fully saturated rings. The quantitative estimate of drug-likeness (QED) is 0.739. The fourth-order valence-corrected chi connectivity index (χ4v) is 2.74. The van der Waals surface area contributed by atoms with Gasteiger partial charge in [0.1, 0.15) is 12.3 Å². The maximum Gasteiger partial charge on any atom is 0.410 e. The molecule has 0 bridgehead atoms. The van der Waals surface area contributed by atoms with Gasteiger partial charge < -0.3 is 14.6 Å². The second-order valence-electron chi connectivity index (χ2n) is 5.98. The first kappa shape index (κ1) is 15.3. The molecular formula is C18H16N4O3. The van der Waals surface area contributed by atoms with Crippen molar-refractivity contribution in [2.24, 2.45) is 5.92 Å². The number of ketones is 1. The van der Waals surface area contributed by atoms with Crippen LogP contribution in [0.5, 0.6) is 0 Å². The highest BCUT2D eigenvalue weighted by Gasteiger charge is 2.38. The lowest BCUT2D eigenvalue weighted by molar-refractivity contribution is 0.0437. The van der Waals surface area contributed by atoms with Crippen molar-refractivity contribution in [1.82, 2.24) is 19.9 Å². The molecular weight excluding hydrogens is 320 g/mol. The Hall–Kier alpha value is -3.22. The molecule has 4 rings (SSSR count). The molecule has 0 atom stereocenters. The topological polar surface area (TPSA) is 88.2 Å². The molecule has 7 heteroatoms. The summed E-state index contributed by atoms with van der Waals surface area (Å²) in [5, 5.41) is 0.858. The number of carbonyl (C=O) groups excluding carboxylic acids is 2. The predicted molar refractivity (Wildman–Crippen MR) is 89.9 cm³/mol. The molecule has 1 aromatic carbocycles. The summed E-state index contributed by atoms with van der Waals surface area (Å²) in [6.07, 6.45) is 2.96. The van der Waals surface area contributed by atoms with Crippen molar-refractivity contribution in [3.63, 3.8) is 0 Å². The molecule has 1 aliphatic rings. The number of hydrogen-bond acceptors (Lipinski definition) is 5. The lowest BCUT2D eigenvalue weighted by Crippen LogP contribution is -2.53. The third-order valence-electron chi connectivity index (χ3n) is 4.24. The molecule has 0 spiro atoms. The fourth-order valence-electron chi connectivity index (χ4n) is 2.74. The summed E-state index contributed by atoms with van der Waals surface area (Å²) in [6.45, 7) is 0.887. The maximum absolute atomic E-state index is 12.4. The molecule has 3 aromatic rings. The van der Waals surface area contributed by atoms with E-state index in [1.165, 1.54) is 4.90 Å². The van der Waals surface area contributed by atoms with Crippen molar-refractivity contribution in [1.29, 1.82) is 0 Å². The normalized spacial score (nSPS) is 14.3. The summed E-state index contributed by atoms with van der Waals surface area (Å²) in [6, 6.07) is 11.3. The van der Waals surface area contributed by atoms with Crippen molar-refractivity contribution >= 4 is 22.9 Å². The number of ether oxygens (including phenoxy) is 1. The minimum absolute atomic E-state index is 0.149. The fraction of sp³-hybridized carbons (Fsp3) is 0.222. The van der Waals surface area contributed by atoms with Crippen LogP contribution in [0.3, 0.4) is 0 Å². The second-order valence-corrected chi connectivity index (χ2v) is 5.98. The van der Waals surface area contributed by atoms with Crippen LogP contribution in [0.2, 0.25) is 0 Å². The Morgan fingerprint density at radius 1 is 1.20 bits per heavy atom. The number of fused-ring (bicyclic) bond motifs is 1. The Kier molecular flexibility index (Phi) is 3.89. The molecule has 7 nitrogen and oxygen atoms in total. The summed E-state index contributed by atoms with van der Waals surface area (Å²) in [5.74, 6) is -0.252. The summed E-state index contributed by atoms with van der Waals surface area (Å²) >= 11 is 0. The van der Waals surface area contributed by atoms with E-state index in [9.17, 15) is 9.59 Å². The first-order valence-electron chi connectivity index (χ1n) is 8.00. The summed E-state index contributed by atoms with van der Waals surface area (Å²) in [7, 11) is 0. The average Bonchev–Trinajstić information content (AvgIpc) is 3.07. The minimum Gasteiger partial charge on any atom is -0.445 e. The maximum atomic E-state index is 12.4. The van der Waals surface area contributed by atoms with E-state index in [1.807, 2.05) is 36.4 Å². The number of rotatable bonds is 4. The molecule has 1 saturated heterocycles. The summed E-state index contributed by atoms with van der Waals surface area (Å²) in [4.78, 5) is 37.2. The molecule has 1 amide bonds. The molecule has 0 radical (unpaired) electrons. The number of carbonyl (C=O) groups is 2. The van der Waals surface area contributed by atoms with Crippen LogP contribution in [0.15, 0.2) is 48.8 Å². The van der Waals surface area contributed by atoms with Crippen LogP contribution in [0, 0.1) is 5.92 Å². The van der Waals surface area contributed by atoms with E-state index in [2.05, 4.69) is 15.0 Å². The molecule has 1 N–H and O–H groups in total. The summed E-state index contributed by atoms with van der Waals surface area (Å²) < 4.78 is 5.25. The first-order valence-corrected chi connectivity index (χ1v) is 8.00. The molecule has 25 heavy (non-hydrogen) atoms. The van der Waals surface area contributed by atoms with E-state index in [-0.39, 0.29) is 24.1 Å². The van der Waals surface area contributed by atoms with Crippen LogP contribution < -0.4 is 0 Å². The van der Waals surface area contributed by atoms with Gasteiger partial charge in [-0.3, -0.25) is 4.79 Å². The van der Waals surface area contributed by atoms with Gasteiger partial charge in [0.25, 0.3) is 0 Å². The lowest BCUT2D eigenvalue weighted by atomic mass is 9.95. The van der Waals surface area contributed by atoms with Crippen LogP contribution in [0.1, 0.15) is 16.2 Å². The predicted octanol–water partition coefficient (Wildman–Crippen LogP) is 2.41. The number of likely N-dealkylation sites (tertiary alicyclic amines) is 1. The third kappa shape index (κ3) is 3.08. The van der Waals surface area contributed by atoms with Gasteiger partial charge in [0.05, 0.1) is 5.92 Å². The van der Waals surface area contributed by atoms with Crippen LogP contribution in [-0.4, -0.2) is 44.8 Å². The molecule has 126 valence electrons. The Morgan fingerprint density at radius 3 is 2.80 bits per heavy atom. The van der Waals surface area contributed by atoms with Gasteiger partial charge in [-0.15, -0.1) is 0 Å². The Balaban J connectivity index is 1.31. The van der Waals surface area contributed by atoms with E-state index in [0.29, 0.717) is 18.7 Å². The highest BCUT2D eigenvalue weighted by molar-refractivity contribution is 5.97. The molecule has 0 aliphatic carbocycles. The average molecular weight is 336 g/mol. The van der Waals surface area contributed by atoms with E-state index in [0.717, 1.165) is 10.9 Å². The zero-order valence-electron chi connectivity index (χ0n) is 13.4. The van der Waals surface area contributed by atoms with E-state index >= 15 is 0 Å². The number of amides is 1. The Labute approximate surface area is 143 Å². The van der Waals surface area contributed by atoms with Gasteiger partial charge in [-0.05, 0) is 11.6 Å². The smallest absolute Gasteiger partial charge is 0.410 e. The van der Waals surface area contributed by atoms with E-state index in [1.54, 1.807) is 12.4 Å². The Bertz CT molecular complexity index is 916. The van der Waals surface area contributed by atoms with Gasteiger partial charge in [-0.25, -0.2) is 14.8 Å². The highest BCUT2D eigenvalue weighted by atomic mass is 16.6. The van der Waals surface area contributed by atoms with E-state index < -0.39 is 6.09 Å².